The molecule has 0 aromatic heterocycles. The normalized spacial score (nSPS) is 5.29. The van der Waals surface area contributed by atoms with E-state index in [0.717, 1.165) is 0 Å². The smallest absolute Gasteiger partial charge is 0.288 e. The lowest BCUT2D eigenvalue weighted by atomic mass is 10.9. The third-order valence-electron chi connectivity index (χ3n) is 0.287. The van der Waals surface area contributed by atoms with Crippen LogP contribution in [-0.4, -0.2) is 16.5 Å². The van der Waals surface area contributed by atoms with Gasteiger partial charge in [0.05, 0.1) is 0 Å². The summed E-state index contributed by atoms with van der Waals surface area (Å²) in [7, 11) is 0.524. The second kappa shape index (κ2) is 9.19. The van der Waals surface area contributed by atoms with Gasteiger partial charge in [0.25, 0.3) is 5.97 Å². The van der Waals surface area contributed by atoms with Crippen LogP contribution in [0.4, 0.5) is 0 Å². The van der Waals surface area contributed by atoms with Crippen LogP contribution in [0.3, 0.4) is 0 Å². The van der Waals surface area contributed by atoms with Gasteiger partial charge in [-0.3, -0.25) is 4.79 Å². The molecule has 0 fully saturated rings. The lowest BCUT2D eigenvalue weighted by Gasteiger charge is -1.82. The van der Waals surface area contributed by atoms with Crippen LogP contribution in [0.5, 0.6) is 0 Å². The summed E-state index contributed by atoms with van der Waals surface area (Å²) < 4.78 is 4.25. The molecule has 0 aromatic rings. The van der Waals surface area contributed by atoms with Gasteiger partial charge in [0.2, 0.25) is 10.5 Å². The Morgan fingerprint density at radius 2 is 1.71 bits per heavy atom. The molecular weight excluding hydrogens is 108 g/mol. The molecular formula is C4H14O2Si. The van der Waals surface area contributed by atoms with Crippen molar-refractivity contribution in [1.82, 2.24) is 0 Å². The zero-order valence-corrected chi connectivity index (χ0v) is 5.32. The highest BCUT2D eigenvalue weighted by molar-refractivity contribution is 6.04. The summed E-state index contributed by atoms with van der Waals surface area (Å²) in [5, 5.41) is 0. The maximum Gasteiger partial charge on any atom is 0.288 e. The van der Waals surface area contributed by atoms with E-state index in [9.17, 15) is 4.79 Å². The molecule has 0 spiro atoms. The molecule has 0 amide bonds. The van der Waals surface area contributed by atoms with E-state index in [-0.39, 0.29) is 20.8 Å². The summed E-state index contributed by atoms with van der Waals surface area (Å²) in [5.41, 5.74) is 0. The Kier molecular flexibility index (Phi) is 20.9. The molecule has 0 unspecified atom stereocenters. The van der Waals surface area contributed by atoms with E-state index in [1.807, 2.05) is 0 Å². The van der Waals surface area contributed by atoms with Crippen LogP contribution in [-0.2, 0) is 9.22 Å². The van der Waals surface area contributed by atoms with Crippen molar-refractivity contribution in [3.05, 3.63) is 0 Å². The molecule has 0 saturated carbocycles. The maximum atomic E-state index is 9.62. The average molecular weight is 122 g/mol. The van der Waals surface area contributed by atoms with E-state index in [2.05, 4.69) is 4.43 Å². The van der Waals surface area contributed by atoms with Crippen molar-refractivity contribution in [1.29, 1.82) is 0 Å². The summed E-state index contributed by atoms with van der Waals surface area (Å²) in [4.78, 5) is 9.62. The topological polar surface area (TPSA) is 26.3 Å². The van der Waals surface area contributed by atoms with Crippen LogP contribution in [0, 0.1) is 0 Å². The zero-order chi connectivity index (χ0) is 4.28. The molecule has 3 heteroatoms. The monoisotopic (exact) mass is 122 g/mol. The highest BCUT2D eigenvalue weighted by Gasteiger charge is 1.74. The van der Waals surface area contributed by atoms with Gasteiger partial charge < -0.3 is 4.43 Å². The minimum atomic E-state index is -0.184. The molecule has 0 bridgehead atoms. The molecule has 0 aromatic carbocycles. The van der Waals surface area contributed by atoms with Gasteiger partial charge in [-0.05, 0) is 0 Å². The van der Waals surface area contributed by atoms with E-state index >= 15 is 0 Å². The van der Waals surface area contributed by atoms with Crippen LogP contribution in [0.2, 0.25) is 0 Å². The van der Waals surface area contributed by atoms with E-state index < -0.39 is 0 Å². The molecule has 0 atom stereocenters. The fraction of sp³-hybridized carbons (Fsp3) is 0.750. The number of carbonyl (C=O) groups excluding carboxylic acids is 1. The van der Waals surface area contributed by atoms with Crippen LogP contribution in [0.1, 0.15) is 21.8 Å². The lowest BCUT2D eigenvalue weighted by Crippen LogP contribution is -1.90. The van der Waals surface area contributed by atoms with Gasteiger partial charge in [-0.25, -0.2) is 0 Å². The fourth-order valence-electron chi connectivity index (χ4n) is 0. The van der Waals surface area contributed by atoms with Gasteiger partial charge in [-0.15, -0.1) is 0 Å². The van der Waals surface area contributed by atoms with Crippen molar-refractivity contribution in [2.24, 2.45) is 0 Å². The van der Waals surface area contributed by atoms with Crippen LogP contribution in [0.25, 0.3) is 0 Å². The molecule has 7 heavy (non-hydrogen) atoms. The first-order chi connectivity index (χ1) is 2.27. The molecule has 0 aliphatic carbocycles. The van der Waals surface area contributed by atoms with Crippen LogP contribution in [0.15, 0.2) is 0 Å². The Morgan fingerprint density at radius 1 is 1.57 bits per heavy atom. The average Bonchev–Trinajstić information content (AvgIpc) is 1.38. The van der Waals surface area contributed by atoms with Gasteiger partial charge in [-0.2, -0.15) is 0 Å². The highest BCUT2D eigenvalue weighted by Crippen LogP contribution is 1.58. The number of carbonyl (C=O) groups is 1. The van der Waals surface area contributed by atoms with Crippen molar-refractivity contribution in [3.63, 3.8) is 0 Å². The first-order valence-electron chi connectivity index (χ1n) is 1.32. The predicted molar refractivity (Wildman–Crippen MR) is 35.2 cm³/mol. The molecule has 0 aliphatic rings. The van der Waals surface area contributed by atoms with Crippen LogP contribution < -0.4 is 0 Å². The quantitative estimate of drug-likeness (QED) is 0.426. The van der Waals surface area contributed by atoms with Crippen molar-refractivity contribution < 1.29 is 9.22 Å². The van der Waals surface area contributed by atoms with E-state index in [0.29, 0.717) is 10.5 Å². The molecule has 0 N–H and O–H groups in total. The van der Waals surface area contributed by atoms with Crippen molar-refractivity contribution in [3.8, 4) is 0 Å². The highest BCUT2D eigenvalue weighted by atomic mass is 28.2. The molecule has 0 aliphatic heterocycles. The lowest BCUT2D eigenvalue weighted by molar-refractivity contribution is -0.131. The molecule has 2 nitrogen and oxygen atoms in total. The van der Waals surface area contributed by atoms with Crippen molar-refractivity contribution >= 4 is 16.5 Å². The zero-order valence-electron chi connectivity index (χ0n) is 3.32. The Hall–Kier alpha value is -0.313. The van der Waals surface area contributed by atoms with E-state index in [4.69, 9.17) is 0 Å². The van der Waals surface area contributed by atoms with Crippen LogP contribution >= 0.6 is 0 Å². The third kappa shape index (κ3) is 27.2. The van der Waals surface area contributed by atoms with Gasteiger partial charge >= 0.3 is 0 Å². The van der Waals surface area contributed by atoms with Crippen molar-refractivity contribution in [2.75, 3.05) is 0 Å². The van der Waals surface area contributed by atoms with Gasteiger partial charge in [-0.1, -0.05) is 14.9 Å². The predicted octanol–water partition coefficient (Wildman–Crippen LogP) is 0.102. The largest absolute Gasteiger partial charge is 0.529 e. The minimum absolute atomic E-state index is 0. The Bertz CT molecular complexity index is 45.0. The summed E-state index contributed by atoms with van der Waals surface area (Å²) >= 11 is 0. The molecule has 0 rings (SSSR count). The second-order valence-corrected chi connectivity index (χ2v) is 1.10. The number of hydrogen-bond donors (Lipinski definition) is 0. The fourth-order valence-corrected chi connectivity index (χ4v) is 0. The molecule has 0 heterocycles. The summed E-state index contributed by atoms with van der Waals surface area (Å²) in [6.45, 7) is 1.40. The number of rotatable bonds is 0. The standard InChI is InChI=1S/C2H6O2Si.2CH4/c1-2(3)4-5;;/h1,5H3;2*1H4. The van der Waals surface area contributed by atoms with E-state index in [1.54, 1.807) is 0 Å². The Labute approximate surface area is 48.4 Å². The van der Waals surface area contributed by atoms with Gasteiger partial charge in [0.1, 0.15) is 0 Å². The summed E-state index contributed by atoms with van der Waals surface area (Å²) in [6, 6.07) is 0. The first-order valence-corrected chi connectivity index (χ1v) is 2.13. The number of hydrogen-bond acceptors (Lipinski definition) is 2. The second-order valence-electron chi connectivity index (χ2n) is 0.696. The molecule has 46 valence electrons. The van der Waals surface area contributed by atoms with Gasteiger partial charge in [0.15, 0.2) is 0 Å². The van der Waals surface area contributed by atoms with Crippen molar-refractivity contribution in [2.45, 2.75) is 21.8 Å². The molecule has 0 radical (unpaired) electrons. The summed E-state index contributed by atoms with van der Waals surface area (Å²) in [5.74, 6) is -0.184. The Morgan fingerprint density at radius 3 is 1.71 bits per heavy atom. The summed E-state index contributed by atoms with van der Waals surface area (Å²) in [6.07, 6.45) is 0. The van der Waals surface area contributed by atoms with Gasteiger partial charge in [0, 0.05) is 6.92 Å². The minimum Gasteiger partial charge on any atom is -0.529 e. The SMILES string of the molecule is C.C.CC(=O)O[SiH3]. The maximum absolute atomic E-state index is 9.62. The first kappa shape index (κ1) is 15.9. The molecule has 0 saturated heterocycles. The third-order valence-corrected chi connectivity index (χ3v) is 0.862. The Balaban J connectivity index is -0.0000000800. The van der Waals surface area contributed by atoms with E-state index in [1.165, 1.54) is 6.92 Å².